The Hall–Kier alpha value is -0.580. The summed E-state index contributed by atoms with van der Waals surface area (Å²) in [5, 5.41) is 10.2. The highest BCUT2D eigenvalue weighted by Gasteiger charge is 2.38. The van der Waals surface area contributed by atoms with Crippen LogP contribution in [0.4, 0.5) is 0 Å². The largest absolute Gasteiger partial charge is 0.396 e. The number of nitrogens with zero attached hydrogens (tertiary/aromatic N) is 1. The Kier molecular flexibility index (Phi) is 3.05. The first-order chi connectivity index (χ1) is 6.85. The fourth-order valence-electron chi connectivity index (χ4n) is 1.27. The second-order valence-corrected chi connectivity index (χ2v) is 4.60. The van der Waals surface area contributed by atoms with Gasteiger partial charge in [0, 0.05) is 17.4 Å². The molecular formula is C10H13NO2S. The molecule has 1 fully saturated rings. The van der Waals surface area contributed by atoms with Gasteiger partial charge in [0.2, 0.25) is 0 Å². The molecule has 0 radical (unpaired) electrons. The van der Waals surface area contributed by atoms with Crippen LogP contribution in [-0.4, -0.2) is 35.7 Å². The maximum atomic E-state index is 9.20. The molecule has 14 heavy (non-hydrogen) atoms. The van der Waals surface area contributed by atoms with Crippen LogP contribution in [0.15, 0.2) is 29.4 Å². The van der Waals surface area contributed by atoms with Gasteiger partial charge in [-0.25, -0.2) is 4.98 Å². The van der Waals surface area contributed by atoms with Crippen molar-refractivity contribution in [2.75, 3.05) is 25.6 Å². The number of pyridine rings is 1. The Bertz CT molecular complexity index is 282. The van der Waals surface area contributed by atoms with Crippen LogP contribution in [0.5, 0.6) is 0 Å². The smallest absolute Gasteiger partial charge is 0.0960 e. The molecule has 0 unspecified atom stereocenters. The van der Waals surface area contributed by atoms with Crippen LogP contribution in [0, 0.1) is 5.41 Å². The van der Waals surface area contributed by atoms with Crippen LogP contribution in [0.2, 0.25) is 0 Å². The van der Waals surface area contributed by atoms with Gasteiger partial charge in [0.15, 0.2) is 0 Å². The van der Waals surface area contributed by atoms with E-state index in [0.29, 0.717) is 13.2 Å². The molecule has 1 aromatic heterocycles. The molecule has 1 N–H and O–H groups in total. The maximum absolute atomic E-state index is 9.20. The lowest BCUT2D eigenvalue weighted by Crippen LogP contribution is -2.47. The van der Waals surface area contributed by atoms with Crippen LogP contribution in [0.3, 0.4) is 0 Å². The van der Waals surface area contributed by atoms with E-state index in [1.807, 2.05) is 18.2 Å². The van der Waals surface area contributed by atoms with Crippen LogP contribution in [0.25, 0.3) is 0 Å². The van der Waals surface area contributed by atoms with E-state index in [1.54, 1.807) is 18.0 Å². The first-order valence-corrected chi connectivity index (χ1v) is 5.56. The summed E-state index contributed by atoms with van der Waals surface area (Å²) in [4.78, 5) is 4.22. The number of aliphatic hydroxyl groups excluding tert-OH is 1. The molecule has 0 aromatic carbocycles. The van der Waals surface area contributed by atoms with Gasteiger partial charge in [-0.05, 0) is 12.1 Å². The predicted molar refractivity (Wildman–Crippen MR) is 55.3 cm³/mol. The zero-order valence-corrected chi connectivity index (χ0v) is 8.67. The highest BCUT2D eigenvalue weighted by Crippen LogP contribution is 2.33. The topological polar surface area (TPSA) is 42.4 Å². The summed E-state index contributed by atoms with van der Waals surface area (Å²) >= 11 is 1.68. The fourth-order valence-corrected chi connectivity index (χ4v) is 2.29. The molecule has 0 aliphatic carbocycles. The number of aromatic nitrogens is 1. The van der Waals surface area contributed by atoms with Crippen molar-refractivity contribution in [1.82, 2.24) is 4.98 Å². The molecule has 4 heteroatoms. The summed E-state index contributed by atoms with van der Waals surface area (Å²) in [6.07, 6.45) is 1.78. The molecule has 1 aromatic rings. The number of thioether (sulfide) groups is 1. The number of hydrogen-bond donors (Lipinski definition) is 1. The Balaban J connectivity index is 1.88. The van der Waals surface area contributed by atoms with E-state index in [4.69, 9.17) is 4.74 Å². The number of rotatable bonds is 4. The van der Waals surface area contributed by atoms with E-state index in [9.17, 15) is 5.11 Å². The molecule has 1 saturated heterocycles. The van der Waals surface area contributed by atoms with Crippen LogP contribution < -0.4 is 0 Å². The van der Waals surface area contributed by atoms with Gasteiger partial charge in [0.1, 0.15) is 0 Å². The Morgan fingerprint density at radius 1 is 1.50 bits per heavy atom. The second-order valence-electron chi connectivity index (χ2n) is 3.61. The average Bonchev–Trinajstić information content (AvgIpc) is 2.19. The minimum atomic E-state index is -0.0256. The Morgan fingerprint density at radius 2 is 2.36 bits per heavy atom. The van der Waals surface area contributed by atoms with Crippen molar-refractivity contribution < 1.29 is 9.84 Å². The summed E-state index contributed by atoms with van der Waals surface area (Å²) in [7, 11) is 0. The Labute approximate surface area is 87.5 Å². The molecule has 0 amide bonds. The third-order valence-corrected chi connectivity index (χ3v) is 3.61. The van der Waals surface area contributed by atoms with E-state index in [-0.39, 0.29) is 12.0 Å². The van der Waals surface area contributed by atoms with E-state index in [1.165, 1.54) is 0 Å². The van der Waals surface area contributed by atoms with Crippen LogP contribution in [-0.2, 0) is 4.74 Å². The van der Waals surface area contributed by atoms with Gasteiger partial charge < -0.3 is 9.84 Å². The highest BCUT2D eigenvalue weighted by molar-refractivity contribution is 7.99. The average molecular weight is 211 g/mol. The molecule has 2 rings (SSSR count). The van der Waals surface area contributed by atoms with Gasteiger partial charge in [-0.2, -0.15) is 0 Å². The van der Waals surface area contributed by atoms with Crippen LogP contribution >= 0.6 is 11.8 Å². The van der Waals surface area contributed by atoms with Gasteiger partial charge in [-0.1, -0.05) is 6.07 Å². The molecule has 0 spiro atoms. The fraction of sp³-hybridized carbons (Fsp3) is 0.500. The first-order valence-electron chi connectivity index (χ1n) is 4.57. The van der Waals surface area contributed by atoms with Gasteiger partial charge in [0.25, 0.3) is 0 Å². The molecule has 76 valence electrons. The zero-order chi connectivity index (χ0) is 9.86. The third kappa shape index (κ3) is 2.08. The summed E-state index contributed by atoms with van der Waals surface area (Å²) in [5.74, 6) is 0.876. The van der Waals surface area contributed by atoms with Crippen molar-refractivity contribution in [2.24, 2.45) is 5.41 Å². The van der Waals surface area contributed by atoms with Crippen molar-refractivity contribution in [1.29, 1.82) is 0 Å². The van der Waals surface area contributed by atoms with Gasteiger partial charge >= 0.3 is 0 Å². The minimum Gasteiger partial charge on any atom is -0.396 e. The second kappa shape index (κ2) is 4.29. The zero-order valence-electron chi connectivity index (χ0n) is 7.85. The minimum absolute atomic E-state index is 0.0256. The lowest BCUT2D eigenvalue weighted by atomic mass is 9.90. The summed E-state index contributed by atoms with van der Waals surface area (Å²) in [6, 6.07) is 5.85. The molecule has 0 bridgehead atoms. The summed E-state index contributed by atoms with van der Waals surface area (Å²) in [6.45, 7) is 1.54. The number of aliphatic hydroxyl groups is 1. The molecule has 2 heterocycles. The van der Waals surface area contributed by atoms with Gasteiger partial charge in [0.05, 0.1) is 24.8 Å². The number of hydrogen-bond acceptors (Lipinski definition) is 4. The normalized spacial score (nSPS) is 18.9. The predicted octanol–water partition coefficient (Wildman–Crippen LogP) is 1.18. The van der Waals surface area contributed by atoms with Crippen molar-refractivity contribution in [3.05, 3.63) is 24.4 Å². The molecule has 0 atom stereocenters. The van der Waals surface area contributed by atoms with Crippen molar-refractivity contribution in [3.63, 3.8) is 0 Å². The standard InChI is InChI=1S/C10H13NO2S/c12-5-10(6-13-7-10)8-14-9-3-1-2-4-11-9/h1-4,12H,5-8H2. The molecule has 3 nitrogen and oxygen atoms in total. The summed E-state index contributed by atoms with van der Waals surface area (Å²) in [5.41, 5.74) is -0.0256. The maximum Gasteiger partial charge on any atom is 0.0960 e. The van der Waals surface area contributed by atoms with E-state index in [0.717, 1.165) is 10.8 Å². The van der Waals surface area contributed by atoms with Crippen molar-refractivity contribution in [2.45, 2.75) is 5.03 Å². The quantitative estimate of drug-likeness (QED) is 0.759. The SMILES string of the molecule is OCC1(CSc2ccccn2)COC1. The number of ether oxygens (including phenoxy) is 1. The monoisotopic (exact) mass is 211 g/mol. The summed E-state index contributed by atoms with van der Waals surface area (Å²) < 4.78 is 5.12. The molecule has 1 aliphatic rings. The lowest BCUT2D eigenvalue weighted by Gasteiger charge is -2.39. The lowest BCUT2D eigenvalue weighted by molar-refractivity contribution is -0.121. The van der Waals surface area contributed by atoms with E-state index >= 15 is 0 Å². The van der Waals surface area contributed by atoms with Gasteiger partial charge in [-0.3, -0.25) is 0 Å². The molecule has 1 aliphatic heterocycles. The third-order valence-electron chi connectivity index (χ3n) is 2.32. The van der Waals surface area contributed by atoms with E-state index < -0.39 is 0 Å². The highest BCUT2D eigenvalue weighted by atomic mass is 32.2. The van der Waals surface area contributed by atoms with Crippen molar-refractivity contribution in [3.8, 4) is 0 Å². The van der Waals surface area contributed by atoms with Crippen molar-refractivity contribution >= 4 is 11.8 Å². The molecule has 0 saturated carbocycles. The van der Waals surface area contributed by atoms with Crippen LogP contribution in [0.1, 0.15) is 0 Å². The first kappa shape index (κ1) is 9.96. The van der Waals surface area contributed by atoms with E-state index in [2.05, 4.69) is 4.98 Å². The Morgan fingerprint density at radius 3 is 2.86 bits per heavy atom. The van der Waals surface area contributed by atoms with Gasteiger partial charge in [-0.15, -0.1) is 11.8 Å². The molecular weight excluding hydrogens is 198 g/mol.